The lowest BCUT2D eigenvalue weighted by Gasteiger charge is -2.29. The lowest BCUT2D eigenvalue weighted by Crippen LogP contribution is -2.33. The van der Waals surface area contributed by atoms with Crippen molar-refractivity contribution in [2.75, 3.05) is 34.4 Å². The van der Waals surface area contributed by atoms with E-state index in [0.29, 0.717) is 18.2 Å². The number of rotatable bonds is 5. The second-order valence-electron chi connectivity index (χ2n) is 6.02. The lowest BCUT2D eigenvalue weighted by atomic mass is 9.87. The number of carbonyl (C=O) groups is 1. The molecule has 0 radical (unpaired) electrons. The summed E-state index contributed by atoms with van der Waals surface area (Å²) in [5.41, 5.74) is 0. The molecule has 2 fully saturated rings. The molecule has 2 rings (SSSR count). The summed E-state index contributed by atoms with van der Waals surface area (Å²) in [6, 6.07) is 0.457. The second-order valence-corrected chi connectivity index (χ2v) is 6.02. The van der Waals surface area contributed by atoms with Crippen LogP contribution in [0.2, 0.25) is 0 Å². The van der Waals surface area contributed by atoms with Crippen LogP contribution in [0.1, 0.15) is 32.1 Å². The van der Waals surface area contributed by atoms with Crippen LogP contribution in [-0.4, -0.2) is 63.5 Å². The Hall–Kier alpha value is -0.650. The lowest BCUT2D eigenvalue weighted by molar-refractivity contribution is -0.147. The van der Waals surface area contributed by atoms with E-state index in [-0.39, 0.29) is 11.9 Å². The monoisotopic (exact) mass is 285 g/mol. The minimum Gasteiger partial charge on any atom is -0.469 e. The molecule has 0 aromatic rings. The first kappa shape index (κ1) is 15.7. The summed E-state index contributed by atoms with van der Waals surface area (Å²) in [4.78, 5) is 13.8. The fraction of sp³-hybridized carbons (Fsp3) is 0.933. The first-order valence-corrected chi connectivity index (χ1v) is 7.56. The van der Waals surface area contributed by atoms with Crippen molar-refractivity contribution in [2.24, 2.45) is 5.92 Å². The third-order valence-corrected chi connectivity index (χ3v) is 4.72. The van der Waals surface area contributed by atoms with Crippen LogP contribution in [-0.2, 0) is 19.0 Å². The zero-order chi connectivity index (χ0) is 14.5. The molecule has 1 aliphatic heterocycles. The highest BCUT2D eigenvalue weighted by Gasteiger charge is 2.31. The molecule has 0 aromatic carbocycles. The Bertz CT molecular complexity index is 315. The van der Waals surface area contributed by atoms with E-state index in [9.17, 15) is 4.79 Å². The van der Waals surface area contributed by atoms with Gasteiger partial charge in [0.05, 0.1) is 31.8 Å². The molecule has 5 nitrogen and oxygen atoms in total. The van der Waals surface area contributed by atoms with Crippen molar-refractivity contribution in [3.63, 3.8) is 0 Å². The van der Waals surface area contributed by atoms with Crippen LogP contribution >= 0.6 is 0 Å². The first-order chi connectivity index (χ1) is 9.63. The van der Waals surface area contributed by atoms with Crippen molar-refractivity contribution in [2.45, 2.75) is 50.4 Å². The zero-order valence-corrected chi connectivity index (χ0v) is 12.8. The summed E-state index contributed by atoms with van der Waals surface area (Å²) in [7, 11) is 5.37. The zero-order valence-electron chi connectivity index (χ0n) is 12.8. The van der Waals surface area contributed by atoms with E-state index in [1.807, 2.05) is 0 Å². The topological polar surface area (TPSA) is 48.0 Å². The number of carbonyl (C=O) groups excluding carboxylic acids is 1. The number of likely N-dealkylation sites (N-methyl/N-ethyl adjacent to an activating group) is 1. The summed E-state index contributed by atoms with van der Waals surface area (Å²) >= 11 is 0. The molecule has 1 saturated heterocycles. The number of ether oxygens (including phenoxy) is 3. The molecule has 1 aliphatic carbocycles. The highest BCUT2D eigenvalue weighted by atomic mass is 16.5. The SMILES string of the molecule is COC(=O)C1CCC(OC[C@@H]2C[C@H](OC)CN2C)CC1. The number of hydrogen-bond acceptors (Lipinski definition) is 5. The van der Waals surface area contributed by atoms with Crippen molar-refractivity contribution < 1.29 is 19.0 Å². The maximum absolute atomic E-state index is 11.5. The molecule has 2 atom stereocenters. The number of likely N-dealkylation sites (tertiary alicyclic amines) is 1. The van der Waals surface area contributed by atoms with Crippen LogP contribution in [0.4, 0.5) is 0 Å². The molecule has 116 valence electrons. The van der Waals surface area contributed by atoms with Crippen LogP contribution in [0.25, 0.3) is 0 Å². The predicted octanol–water partition coefficient (Wildman–Crippen LogP) is 1.45. The maximum Gasteiger partial charge on any atom is 0.308 e. The Morgan fingerprint density at radius 1 is 1.15 bits per heavy atom. The third kappa shape index (κ3) is 3.93. The fourth-order valence-corrected chi connectivity index (χ4v) is 3.27. The van der Waals surface area contributed by atoms with Gasteiger partial charge >= 0.3 is 5.97 Å². The van der Waals surface area contributed by atoms with Gasteiger partial charge in [0.25, 0.3) is 0 Å². The van der Waals surface area contributed by atoms with Gasteiger partial charge in [-0.3, -0.25) is 9.69 Å². The summed E-state index contributed by atoms with van der Waals surface area (Å²) in [5.74, 6) is 0.00814. The Kier molecular flexibility index (Phi) is 5.81. The van der Waals surface area contributed by atoms with Crippen molar-refractivity contribution in [1.29, 1.82) is 0 Å². The number of hydrogen-bond donors (Lipinski definition) is 0. The third-order valence-electron chi connectivity index (χ3n) is 4.72. The number of nitrogens with zero attached hydrogens (tertiary/aromatic N) is 1. The van der Waals surface area contributed by atoms with E-state index in [1.165, 1.54) is 7.11 Å². The van der Waals surface area contributed by atoms with Gasteiger partial charge in [-0.15, -0.1) is 0 Å². The van der Waals surface area contributed by atoms with Crippen LogP contribution in [0.15, 0.2) is 0 Å². The van der Waals surface area contributed by atoms with E-state index in [0.717, 1.165) is 45.3 Å². The van der Waals surface area contributed by atoms with E-state index >= 15 is 0 Å². The molecule has 2 aliphatic rings. The average molecular weight is 285 g/mol. The van der Waals surface area contributed by atoms with E-state index in [2.05, 4.69) is 11.9 Å². The highest BCUT2D eigenvalue weighted by molar-refractivity contribution is 5.72. The standard InChI is InChI=1S/C15H27NO4/c1-16-9-14(18-2)8-12(16)10-20-13-6-4-11(5-7-13)15(17)19-3/h11-14H,4-10H2,1-3H3/t11?,12-,13?,14-/m0/s1. The van der Waals surface area contributed by atoms with Gasteiger partial charge in [0, 0.05) is 19.7 Å². The molecule has 0 N–H and O–H groups in total. The Labute approximate surface area is 121 Å². The average Bonchev–Trinajstić information content (AvgIpc) is 2.85. The van der Waals surface area contributed by atoms with Crippen molar-refractivity contribution in [3.05, 3.63) is 0 Å². The molecule has 5 heteroatoms. The predicted molar refractivity (Wildman–Crippen MR) is 75.5 cm³/mol. The van der Waals surface area contributed by atoms with Crippen molar-refractivity contribution in [3.8, 4) is 0 Å². The van der Waals surface area contributed by atoms with E-state index < -0.39 is 0 Å². The van der Waals surface area contributed by atoms with Gasteiger partial charge in [-0.1, -0.05) is 0 Å². The molecule has 0 spiro atoms. The summed E-state index contributed by atoms with van der Waals surface area (Å²) in [6.45, 7) is 1.75. The van der Waals surface area contributed by atoms with Crippen molar-refractivity contribution >= 4 is 5.97 Å². The van der Waals surface area contributed by atoms with Gasteiger partial charge in [-0.2, -0.15) is 0 Å². The smallest absolute Gasteiger partial charge is 0.308 e. The second kappa shape index (κ2) is 7.38. The molecular weight excluding hydrogens is 258 g/mol. The van der Waals surface area contributed by atoms with Gasteiger partial charge < -0.3 is 14.2 Å². The van der Waals surface area contributed by atoms with Gasteiger partial charge in [0.2, 0.25) is 0 Å². The molecule has 0 aromatic heterocycles. The fourth-order valence-electron chi connectivity index (χ4n) is 3.27. The Morgan fingerprint density at radius 3 is 2.40 bits per heavy atom. The normalized spacial score (nSPS) is 35.1. The van der Waals surface area contributed by atoms with Gasteiger partial charge in [-0.25, -0.2) is 0 Å². The van der Waals surface area contributed by atoms with E-state index in [1.54, 1.807) is 7.11 Å². The molecule has 1 heterocycles. The largest absolute Gasteiger partial charge is 0.469 e. The van der Waals surface area contributed by atoms with Gasteiger partial charge in [0.1, 0.15) is 0 Å². The summed E-state index contributed by atoms with van der Waals surface area (Å²) in [6.07, 6.45) is 5.38. The summed E-state index contributed by atoms with van der Waals surface area (Å²) in [5, 5.41) is 0. The van der Waals surface area contributed by atoms with Crippen LogP contribution < -0.4 is 0 Å². The van der Waals surface area contributed by atoms with Crippen LogP contribution in [0.5, 0.6) is 0 Å². The molecule has 20 heavy (non-hydrogen) atoms. The molecule has 1 saturated carbocycles. The molecular formula is C15H27NO4. The minimum absolute atomic E-state index is 0.0677. The molecule has 0 unspecified atom stereocenters. The summed E-state index contributed by atoms with van der Waals surface area (Å²) < 4.78 is 16.3. The highest BCUT2D eigenvalue weighted by Crippen LogP contribution is 2.28. The number of methoxy groups -OCH3 is 2. The maximum atomic E-state index is 11.5. The quantitative estimate of drug-likeness (QED) is 0.716. The van der Waals surface area contributed by atoms with Crippen molar-refractivity contribution in [1.82, 2.24) is 4.90 Å². The minimum atomic E-state index is -0.0677. The Morgan fingerprint density at radius 2 is 1.85 bits per heavy atom. The van der Waals surface area contributed by atoms with Gasteiger partial charge in [-0.05, 0) is 39.2 Å². The Balaban J connectivity index is 1.67. The number of esters is 1. The van der Waals surface area contributed by atoms with Crippen LogP contribution in [0, 0.1) is 5.92 Å². The first-order valence-electron chi connectivity index (χ1n) is 7.56. The van der Waals surface area contributed by atoms with Crippen LogP contribution in [0.3, 0.4) is 0 Å². The van der Waals surface area contributed by atoms with E-state index in [4.69, 9.17) is 14.2 Å². The van der Waals surface area contributed by atoms with Gasteiger partial charge in [0.15, 0.2) is 0 Å². The molecule has 0 amide bonds. The molecule has 0 bridgehead atoms.